The van der Waals surface area contributed by atoms with Gasteiger partial charge in [0.25, 0.3) is 5.88 Å². The van der Waals surface area contributed by atoms with Gasteiger partial charge in [-0.25, -0.2) is 0 Å². The molecule has 1 heterocycles. The van der Waals surface area contributed by atoms with E-state index in [0.29, 0.717) is 0 Å². The first-order chi connectivity index (χ1) is 9.47. The van der Waals surface area contributed by atoms with Gasteiger partial charge in [-0.05, 0) is 46.4 Å². The predicted octanol–water partition coefficient (Wildman–Crippen LogP) is 2.16. The molecule has 0 spiro atoms. The summed E-state index contributed by atoms with van der Waals surface area (Å²) in [7, 11) is 0. The van der Waals surface area contributed by atoms with Crippen LogP contribution >= 0.6 is 22.6 Å². The highest BCUT2D eigenvalue weighted by molar-refractivity contribution is 14.1. The van der Waals surface area contributed by atoms with Crippen molar-refractivity contribution in [2.75, 3.05) is 0 Å². The van der Waals surface area contributed by atoms with Crippen molar-refractivity contribution in [3.8, 4) is 5.88 Å². The quantitative estimate of drug-likeness (QED) is 0.478. The van der Waals surface area contributed by atoms with Crippen molar-refractivity contribution in [3.05, 3.63) is 59.7 Å². The molecule has 7 nitrogen and oxygen atoms in total. The van der Waals surface area contributed by atoms with Gasteiger partial charge >= 0.3 is 11.2 Å². The zero-order valence-corrected chi connectivity index (χ0v) is 12.1. The lowest BCUT2D eigenvalue weighted by atomic mass is 10.2. The molecule has 0 aliphatic carbocycles. The molecular weight excluding hydrogens is 377 g/mol. The van der Waals surface area contributed by atoms with Gasteiger partial charge in [0.2, 0.25) is 0 Å². The Balaban J connectivity index is 2.36. The Morgan fingerprint density at radius 2 is 2.15 bits per heavy atom. The van der Waals surface area contributed by atoms with Crippen LogP contribution in [0.15, 0.2) is 29.1 Å². The summed E-state index contributed by atoms with van der Waals surface area (Å²) < 4.78 is 1.04. The Morgan fingerprint density at radius 1 is 1.40 bits per heavy atom. The average Bonchev–Trinajstić information content (AvgIpc) is 2.35. The fourth-order valence-corrected chi connectivity index (χ4v) is 2.07. The van der Waals surface area contributed by atoms with Gasteiger partial charge < -0.3 is 10.1 Å². The van der Waals surface area contributed by atoms with Crippen molar-refractivity contribution >= 4 is 40.4 Å². The molecular formula is C12H8IN3O4. The number of nitro groups is 1. The van der Waals surface area contributed by atoms with Crippen LogP contribution in [-0.2, 0) is 0 Å². The van der Waals surface area contributed by atoms with E-state index >= 15 is 0 Å². The molecule has 0 radical (unpaired) electrons. The van der Waals surface area contributed by atoms with Crippen molar-refractivity contribution in [2.24, 2.45) is 0 Å². The minimum atomic E-state index is -0.996. The van der Waals surface area contributed by atoms with Crippen LogP contribution in [0.2, 0.25) is 0 Å². The topological polar surface area (TPSA) is 109 Å². The molecule has 1 aromatic carbocycles. The van der Waals surface area contributed by atoms with Crippen molar-refractivity contribution in [1.82, 2.24) is 9.97 Å². The van der Waals surface area contributed by atoms with E-state index < -0.39 is 22.0 Å². The Bertz CT molecular complexity index is 755. The molecule has 2 N–H and O–H groups in total. The highest BCUT2D eigenvalue weighted by Gasteiger charge is 2.21. The molecule has 1 aromatic heterocycles. The van der Waals surface area contributed by atoms with Crippen LogP contribution in [0.5, 0.6) is 5.88 Å². The number of halogens is 1. The van der Waals surface area contributed by atoms with Gasteiger partial charge in [-0.3, -0.25) is 14.9 Å². The molecule has 0 unspecified atom stereocenters. The predicted molar refractivity (Wildman–Crippen MR) is 81.3 cm³/mol. The lowest BCUT2D eigenvalue weighted by molar-refractivity contribution is -0.387. The molecule has 0 bridgehead atoms. The van der Waals surface area contributed by atoms with E-state index in [2.05, 4.69) is 32.6 Å². The molecule has 0 aliphatic heterocycles. The fraction of sp³-hybridized carbons (Fsp3) is 0. The Hall–Kier alpha value is -2.23. The summed E-state index contributed by atoms with van der Waals surface area (Å²) in [6.07, 6.45) is 3.13. The number of nitrogens with one attached hydrogen (secondary N) is 1. The molecule has 0 atom stereocenters. The maximum atomic E-state index is 11.4. The SMILES string of the molecule is O=c1[nH]c(/C=C/c2cccc(I)c2)nc(O)c1[N+](=O)[O-]. The van der Waals surface area contributed by atoms with Gasteiger partial charge in [0.05, 0.1) is 4.92 Å². The maximum absolute atomic E-state index is 11.4. The molecule has 2 rings (SSSR count). The first kappa shape index (κ1) is 14.2. The number of nitrogens with zero attached hydrogens (tertiary/aromatic N) is 2. The van der Waals surface area contributed by atoms with E-state index in [1.807, 2.05) is 24.3 Å². The third-order valence-electron chi connectivity index (χ3n) is 2.36. The molecule has 0 aliphatic rings. The first-order valence-corrected chi connectivity index (χ1v) is 6.46. The molecule has 0 amide bonds. The summed E-state index contributed by atoms with van der Waals surface area (Å²) in [5, 5.41) is 19.9. The number of aromatic amines is 1. The summed E-state index contributed by atoms with van der Waals surface area (Å²) in [5.41, 5.74) is -1.08. The lowest BCUT2D eigenvalue weighted by Gasteiger charge is -1.97. The molecule has 0 saturated heterocycles. The van der Waals surface area contributed by atoms with Gasteiger partial charge in [-0.1, -0.05) is 18.2 Å². The molecule has 102 valence electrons. The van der Waals surface area contributed by atoms with Crippen molar-refractivity contribution in [1.29, 1.82) is 0 Å². The second kappa shape index (κ2) is 5.82. The second-order valence-electron chi connectivity index (χ2n) is 3.77. The van der Waals surface area contributed by atoms with Gasteiger partial charge in [0.1, 0.15) is 5.82 Å². The number of rotatable bonds is 3. The van der Waals surface area contributed by atoms with E-state index in [-0.39, 0.29) is 5.82 Å². The van der Waals surface area contributed by atoms with Gasteiger partial charge in [-0.2, -0.15) is 4.98 Å². The molecule has 2 aromatic rings. The summed E-state index contributed by atoms with van der Waals surface area (Å²) in [6.45, 7) is 0. The minimum absolute atomic E-state index is 0.0389. The van der Waals surface area contributed by atoms with Crippen molar-refractivity contribution in [2.45, 2.75) is 0 Å². The molecule has 0 fully saturated rings. The van der Waals surface area contributed by atoms with Gasteiger partial charge in [0.15, 0.2) is 0 Å². The minimum Gasteiger partial charge on any atom is -0.488 e. The Kier molecular flexibility index (Phi) is 4.13. The normalized spacial score (nSPS) is 10.8. The summed E-state index contributed by atoms with van der Waals surface area (Å²) in [6, 6.07) is 7.54. The zero-order valence-electron chi connectivity index (χ0n) is 9.91. The molecule has 20 heavy (non-hydrogen) atoms. The van der Waals surface area contributed by atoms with Crippen molar-refractivity contribution in [3.63, 3.8) is 0 Å². The van der Waals surface area contributed by atoms with Crippen LogP contribution in [0.1, 0.15) is 11.4 Å². The van der Waals surface area contributed by atoms with E-state index in [1.54, 1.807) is 6.08 Å². The van der Waals surface area contributed by atoms with E-state index in [4.69, 9.17) is 0 Å². The molecule has 8 heteroatoms. The zero-order chi connectivity index (χ0) is 14.7. The van der Waals surface area contributed by atoms with E-state index in [1.165, 1.54) is 6.08 Å². The maximum Gasteiger partial charge on any atom is 0.395 e. The van der Waals surface area contributed by atoms with Crippen LogP contribution in [0, 0.1) is 13.7 Å². The second-order valence-corrected chi connectivity index (χ2v) is 5.01. The van der Waals surface area contributed by atoms with Crippen molar-refractivity contribution < 1.29 is 10.0 Å². The fourth-order valence-electron chi connectivity index (χ4n) is 1.50. The number of aromatic nitrogens is 2. The monoisotopic (exact) mass is 385 g/mol. The first-order valence-electron chi connectivity index (χ1n) is 5.38. The number of aromatic hydroxyl groups is 1. The van der Waals surface area contributed by atoms with Crippen LogP contribution in [-0.4, -0.2) is 20.0 Å². The Morgan fingerprint density at radius 3 is 2.75 bits per heavy atom. The van der Waals surface area contributed by atoms with Gasteiger partial charge in [0, 0.05) is 3.57 Å². The largest absolute Gasteiger partial charge is 0.488 e. The Labute approximate surface area is 126 Å². The number of benzene rings is 1. The standard InChI is InChI=1S/C12H8IN3O4/c13-8-3-1-2-7(6-8)4-5-9-14-11(17)10(16(19)20)12(18)15-9/h1-6H,(H2,14,15,17,18)/b5-4+. The summed E-state index contributed by atoms with van der Waals surface area (Å²) >= 11 is 2.16. The number of hydrogen-bond acceptors (Lipinski definition) is 5. The molecule has 0 saturated carbocycles. The third-order valence-corrected chi connectivity index (χ3v) is 3.03. The smallest absolute Gasteiger partial charge is 0.395 e. The third kappa shape index (κ3) is 3.20. The number of H-pyrrole nitrogens is 1. The van der Waals surface area contributed by atoms with Crippen LogP contribution in [0.3, 0.4) is 0 Å². The average molecular weight is 385 g/mol. The van der Waals surface area contributed by atoms with E-state index in [0.717, 1.165) is 9.13 Å². The number of hydrogen-bond donors (Lipinski definition) is 2. The summed E-state index contributed by atoms with van der Waals surface area (Å²) in [5.74, 6) is -0.863. The van der Waals surface area contributed by atoms with Crippen LogP contribution < -0.4 is 5.56 Å². The van der Waals surface area contributed by atoms with Crippen LogP contribution in [0.25, 0.3) is 12.2 Å². The highest BCUT2D eigenvalue weighted by atomic mass is 127. The summed E-state index contributed by atoms with van der Waals surface area (Å²) in [4.78, 5) is 26.8. The lowest BCUT2D eigenvalue weighted by Crippen LogP contribution is -2.14. The highest BCUT2D eigenvalue weighted by Crippen LogP contribution is 2.17. The van der Waals surface area contributed by atoms with Crippen LogP contribution in [0.4, 0.5) is 5.69 Å². The van der Waals surface area contributed by atoms with Gasteiger partial charge in [-0.15, -0.1) is 0 Å². The van der Waals surface area contributed by atoms with E-state index in [9.17, 15) is 20.0 Å².